The van der Waals surface area contributed by atoms with Gasteiger partial charge in [0.15, 0.2) is 0 Å². The third kappa shape index (κ3) is 3.55. The van der Waals surface area contributed by atoms with Gasteiger partial charge in [-0.25, -0.2) is 0 Å². The van der Waals surface area contributed by atoms with E-state index in [1.54, 1.807) is 42.7 Å². The Morgan fingerprint density at radius 1 is 1.20 bits per heavy atom. The number of amides is 1. The summed E-state index contributed by atoms with van der Waals surface area (Å²) < 4.78 is 1.17. The molecule has 7 nitrogen and oxygen atoms in total. The van der Waals surface area contributed by atoms with E-state index in [0.717, 1.165) is 5.56 Å². The van der Waals surface area contributed by atoms with Gasteiger partial charge in [-0.2, -0.15) is 4.68 Å². The SMILES string of the molecule is CC(C)C(C(=O)NCc1cccnc1)n1nnc2ccccc2c1=O. The highest BCUT2D eigenvalue weighted by Gasteiger charge is 2.27. The predicted octanol–water partition coefficient (Wildman–Crippen LogP) is 1.70. The summed E-state index contributed by atoms with van der Waals surface area (Å²) >= 11 is 0. The molecule has 0 saturated heterocycles. The maximum absolute atomic E-state index is 12.7. The van der Waals surface area contributed by atoms with Crippen molar-refractivity contribution < 1.29 is 4.79 Å². The van der Waals surface area contributed by atoms with E-state index in [4.69, 9.17) is 0 Å². The summed E-state index contributed by atoms with van der Waals surface area (Å²) in [5.41, 5.74) is 1.08. The zero-order valence-electron chi connectivity index (χ0n) is 14.1. The van der Waals surface area contributed by atoms with Gasteiger partial charge in [-0.05, 0) is 29.7 Å². The summed E-state index contributed by atoms with van der Waals surface area (Å²) in [5, 5.41) is 11.3. The van der Waals surface area contributed by atoms with Crippen LogP contribution in [0.25, 0.3) is 10.9 Å². The van der Waals surface area contributed by atoms with Crippen molar-refractivity contribution in [1.29, 1.82) is 0 Å². The van der Waals surface area contributed by atoms with Crippen molar-refractivity contribution in [3.63, 3.8) is 0 Å². The van der Waals surface area contributed by atoms with Gasteiger partial charge < -0.3 is 5.32 Å². The molecule has 3 aromatic rings. The molecule has 0 bridgehead atoms. The van der Waals surface area contributed by atoms with Crippen molar-refractivity contribution in [2.45, 2.75) is 26.4 Å². The summed E-state index contributed by atoms with van der Waals surface area (Å²) in [6, 6.07) is 9.92. The van der Waals surface area contributed by atoms with E-state index in [2.05, 4.69) is 20.6 Å². The molecule has 0 fully saturated rings. The molecule has 128 valence electrons. The molecule has 25 heavy (non-hydrogen) atoms. The fourth-order valence-electron chi connectivity index (χ4n) is 2.68. The second kappa shape index (κ2) is 7.21. The third-order valence-electron chi connectivity index (χ3n) is 3.94. The smallest absolute Gasteiger partial charge is 0.278 e. The molecule has 1 atom stereocenters. The first-order chi connectivity index (χ1) is 12.1. The lowest BCUT2D eigenvalue weighted by Crippen LogP contribution is -2.41. The summed E-state index contributed by atoms with van der Waals surface area (Å²) in [5.74, 6) is -0.396. The first kappa shape index (κ1) is 16.8. The van der Waals surface area contributed by atoms with Crippen molar-refractivity contribution in [1.82, 2.24) is 25.3 Å². The number of hydrogen-bond donors (Lipinski definition) is 1. The quantitative estimate of drug-likeness (QED) is 0.765. The highest BCUT2D eigenvalue weighted by atomic mass is 16.2. The van der Waals surface area contributed by atoms with E-state index in [0.29, 0.717) is 17.4 Å². The Kier molecular flexibility index (Phi) is 4.83. The minimum atomic E-state index is -0.735. The van der Waals surface area contributed by atoms with Gasteiger partial charge in [0, 0.05) is 18.9 Å². The lowest BCUT2D eigenvalue weighted by molar-refractivity contribution is -0.126. The lowest BCUT2D eigenvalue weighted by atomic mass is 10.0. The Morgan fingerprint density at radius 3 is 2.72 bits per heavy atom. The van der Waals surface area contributed by atoms with E-state index in [1.165, 1.54) is 4.68 Å². The van der Waals surface area contributed by atoms with Gasteiger partial charge in [0.2, 0.25) is 5.91 Å². The first-order valence-corrected chi connectivity index (χ1v) is 8.09. The number of fused-ring (bicyclic) bond motifs is 1. The molecular weight excluding hydrogens is 318 g/mol. The zero-order chi connectivity index (χ0) is 17.8. The van der Waals surface area contributed by atoms with Gasteiger partial charge in [0.25, 0.3) is 5.56 Å². The molecule has 0 aliphatic rings. The van der Waals surface area contributed by atoms with Crippen LogP contribution in [0.1, 0.15) is 25.5 Å². The van der Waals surface area contributed by atoms with Crippen LogP contribution in [0.2, 0.25) is 0 Å². The molecule has 1 N–H and O–H groups in total. The first-order valence-electron chi connectivity index (χ1n) is 8.09. The number of benzene rings is 1. The van der Waals surface area contributed by atoms with Gasteiger partial charge in [-0.3, -0.25) is 14.6 Å². The van der Waals surface area contributed by atoms with Gasteiger partial charge in [0.05, 0.1) is 5.39 Å². The Morgan fingerprint density at radius 2 is 2.00 bits per heavy atom. The van der Waals surface area contributed by atoms with E-state index < -0.39 is 6.04 Å². The molecule has 1 unspecified atom stereocenters. The number of nitrogens with one attached hydrogen (secondary N) is 1. The van der Waals surface area contributed by atoms with Gasteiger partial charge in [-0.15, -0.1) is 5.10 Å². The number of nitrogens with zero attached hydrogens (tertiary/aromatic N) is 4. The summed E-state index contributed by atoms with van der Waals surface area (Å²) in [6.07, 6.45) is 3.36. The number of hydrogen-bond acceptors (Lipinski definition) is 5. The molecule has 0 aliphatic heterocycles. The number of aromatic nitrogens is 4. The van der Waals surface area contributed by atoms with E-state index in [-0.39, 0.29) is 17.4 Å². The van der Waals surface area contributed by atoms with Gasteiger partial charge >= 0.3 is 0 Å². The maximum atomic E-state index is 12.7. The van der Waals surface area contributed by atoms with Crippen LogP contribution in [0.15, 0.2) is 53.6 Å². The van der Waals surface area contributed by atoms with Crippen LogP contribution in [-0.2, 0) is 11.3 Å². The van der Waals surface area contributed by atoms with Crippen LogP contribution < -0.4 is 10.9 Å². The van der Waals surface area contributed by atoms with Crippen molar-refractivity contribution in [3.8, 4) is 0 Å². The molecule has 2 aromatic heterocycles. The number of carbonyl (C=O) groups is 1. The fraction of sp³-hybridized carbons (Fsp3) is 0.278. The largest absolute Gasteiger partial charge is 0.350 e. The molecule has 2 heterocycles. The number of rotatable bonds is 5. The summed E-state index contributed by atoms with van der Waals surface area (Å²) in [6.45, 7) is 4.08. The van der Waals surface area contributed by atoms with Gasteiger partial charge in [0.1, 0.15) is 11.6 Å². The molecule has 0 spiro atoms. The standard InChI is InChI=1S/C18H19N5O2/c1-12(2)16(17(24)20-11-13-6-5-9-19-10-13)23-18(25)14-7-3-4-8-15(14)21-22-23/h3-10,12,16H,11H2,1-2H3,(H,20,24). The monoisotopic (exact) mass is 337 g/mol. The molecule has 1 amide bonds. The number of pyridine rings is 1. The second-order valence-corrected chi connectivity index (χ2v) is 6.12. The van der Waals surface area contributed by atoms with Crippen LogP contribution >= 0.6 is 0 Å². The molecule has 1 aromatic carbocycles. The fourth-order valence-corrected chi connectivity index (χ4v) is 2.68. The second-order valence-electron chi connectivity index (χ2n) is 6.12. The van der Waals surface area contributed by atoms with Crippen LogP contribution in [0.3, 0.4) is 0 Å². The van der Waals surface area contributed by atoms with Crippen molar-refractivity contribution in [2.75, 3.05) is 0 Å². The van der Waals surface area contributed by atoms with E-state index in [1.807, 2.05) is 19.9 Å². The molecule has 3 rings (SSSR count). The molecule has 0 radical (unpaired) electrons. The molecule has 0 aliphatic carbocycles. The minimum absolute atomic E-state index is 0.123. The highest BCUT2D eigenvalue weighted by molar-refractivity contribution is 5.81. The van der Waals surface area contributed by atoms with Crippen LogP contribution in [0.4, 0.5) is 0 Å². The van der Waals surface area contributed by atoms with Crippen LogP contribution in [0.5, 0.6) is 0 Å². The van der Waals surface area contributed by atoms with Crippen molar-refractivity contribution in [2.24, 2.45) is 5.92 Å². The molecule has 0 saturated carbocycles. The third-order valence-corrected chi connectivity index (χ3v) is 3.94. The van der Waals surface area contributed by atoms with Gasteiger partial charge in [-0.1, -0.05) is 37.3 Å². The van der Waals surface area contributed by atoms with E-state index in [9.17, 15) is 9.59 Å². The molecule has 7 heteroatoms. The Labute approximate surface area is 144 Å². The normalized spacial score (nSPS) is 12.3. The Balaban J connectivity index is 1.89. The maximum Gasteiger partial charge on any atom is 0.278 e. The lowest BCUT2D eigenvalue weighted by Gasteiger charge is -2.21. The Bertz CT molecular complexity index is 937. The van der Waals surface area contributed by atoms with E-state index >= 15 is 0 Å². The summed E-state index contributed by atoms with van der Waals surface area (Å²) in [4.78, 5) is 29.4. The average molecular weight is 337 g/mol. The topological polar surface area (TPSA) is 89.8 Å². The van der Waals surface area contributed by atoms with Crippen LogP contribution in [-0.4, -0.2) is 25.9 Å². The minimum Gasteiger partial charge on any atom is -0.350 e. The average Bonchev–Trinajstić information content (AvgIpc) is 2.63. The van der Waals surface area contributed by atoms with Crippen LogP contribution in [0, 0.1) is 5.92 Å². The Hall–Kier alpha value is -3.09. The number of carbonyl (C=O) groups excluding carboxylic acids is 1. The predicted molar refractivity (Wildman–Crippen MR) is 93.8 cm³/mol. The molecular formula is C18H19N5O2. The highest BCUT2D eigenvalue weighted by Crippen LogP contribution is 2.16. The zero-order valence-corrected chi connectivity index (χ0v) is 14.1. The van der Waals surface area contributed by atoms with Crippen molar-refractivity contribution >= 4 is 16.8 Å². The summed E-state index contributed by atoms with van der Waals surface area (Å²) in [7, 11) is 0. The van der Waals surface area contributed by atoms with Crippen molar-refractivity contribution in [3.05, 3.63) is 64.7 Å².